The van der Waals surface area contributed by atoms with Gasteiger partial charge in [0.25, 0.3) is 0 Å². The van der Waals surface area contributed by atoms with Crippen LogP contribution in [0.4, 0.5) is 0 Å². The van der Waals surface area contributed by atoms with Crippen molar-refractivity contribution >= 4 is 11.9 Å². The number of esters is 1. The van der Waals surface area contributed by atoms with Crippen LogP contribution < -0.4 is 11.1 Å². The maximum atomic E-state index is 12.2. The lowest BCUT2D eigenvalue weighted by Gasteiger charge is -2.18. The van der Waals surface area contributed by atoms with Gasteiger partial charge in [0.05, 0.1) is 12.8 Å². The Kier molecular flexibility index (Phi) is 6.29. The van der Waals surface area contributed by atoms with Gasteiger partial charge in [0.1, 0.15) is 6.04 Å². The summed E-state index contributed by atoms with van der Waals surface area (Å²) in [5, 5.41) is 10.6. The van der Waals surface area contributed by atoms with Gasteiger partial charge in [0.2, 0.25) is 5.91 Å². The second-order valence-corrected chi connectivity index (χ2v) is 4.85. The molecule has 0 spiro atoms. The van der Waals surface area contributed by atoms with Crippen molar-refractivity contribution in [3.05, 3.63) is 11.4 Å². The SMILES string of the molecule is CCC(C)NC(=O)C(C)n1nnc(C(=O)OC)c1CCN. The minimum Gasteiger partial charge on any atom is -0.464 e. The number of nitrogens with one attached hydrogen (secondary N) is 1. The first-order valence-corrected chi connectivity index (χ1v) is 6.99. The topological polar surface area (TPSA) is 112 Å². The first-order valence-electron chi connectivity index (χ1n) is 6.99. The summed E-state index contributed by atoms with van der Waals surface area (Å²) in [7, 11) is 1.27. The van der Waals surface area contributed by atoms with Gasteiger partial charge in [-0.05, 0) is 26.8 Å². The molecule has 0 saturated heterocycles. The van der Waals surface area contributed by atoms with E-state index in [-0.39, 0.29) is 17.6 Å². The van der Waals surface area contributed by atoms with E-state index in [0.29, 0.717) is 18.7 Å². The molecule has 21 heavy (non-hydrogen) atoms. The zero-order valence-electron chi connectivity index (χ0n) is 12.9. The molecule has 0 bridgehead atoms. The van der Waals surface area contributed by atoms with E-state index in [2.05, 4.69) is 20.4 Å². The number of carbonyl (C=O) groups excluding carboxylic acids is 2. The minimum absolute atomic E-state index is 0.0708. The molecule has 118 valence electrons. The van der Waals surface area contributed by atoms with Gasteiger partial charge in [-0.15, -0.1) is 5.10 Å². The fourth-order valence-electron chi connectivity index (χ4n) is 1.83. The average Bonchev–Trinajstić information content (AvgIpc) is 2.89. The van der Waals surface area contributed by atoms with Gasteiger partial charge in [-0.2, -0.15) is 0 Å². The van der Waals surface area contributed by atoms with Gasteiger partial charge >= 0.3 is 5.97 Å². The van der Waals surface area contributed by atoms with Crippen LogP contribution in [0.5, 0.6) is 0 Å². The zero-order valence-corrected chi connectivity index (χ0v) is 12.9. The molecule has 0 aliphatic carbocycles. The van der Waals surface area contributed by atoms with Crippen molar-refractivity contribution in [2.24, 2.45) is 5.73 Å². The van der Waals surface area contributed by atoms with Crippen molar-refractivity contribution < 1.29 is 14.3 Å². The van der Waals surface area contributed by atoms with Crippen molar-refractivity contribution in [2.75, 3.05) is 13.7 Å². The van der Waals surface area contributed by atoms with Gasteiger partial charge < -0.3 is 15.8 Å². The molecule has 0 radical (unpaired) electrons. The average molecular weight is 297 g/mol. The van der Waals surface area contributed by atoms with Crippen LogP contribution in [0.25, 0.3) is 0 Å². The molecule has 3 N–H and O–H groups in total. The van der Waals surface area contributed by atoms with Crippen LogP contribution in [0, 0.1) is 0 Å². The van der Waals surface area contributed by atoms with E-state index in [4.69, 9.17) is 5.73 Å². The van der Waals surface area contributed by atoms with Crippen LogP contribution in [-0.2, 0) is 16.0 Å². The van der Waals surface area contributed by atoms with Gasteiger partial charge in [-0.3, -0.25) is 4.79 Å². The summed E-state index contributed by atoms with van der Waals surface area (Å²) < 4.78 is 6.09. The molecule has 0 saturated carbocycles. The third-order valence-corrected chi connectivity index (χ3v) is 3.30. The standard InChI is InChI=1S/C13H23N5O3/c1-5-8(2)15-12(19)9(3)18-10(6-7-14)11(16-17-18)13(20)21-4/h8-9H,5-7,14H2,1-4H3,(H,15,19). The first kappa shape index (κ1) is 17.1. The quantitative estimate of drug-likeness (QED) is 0.687. The molecule has 0 fully saturated rings. The lowest BCUT2D eigenvalue weighted by atomic mass is 10.2. The molecule has 1 heterocycles. The number of amides is 1. The number of ether oxygens (including phenoxy) is 1. The van der Waals surface area contributed by atoms with E-state index in [0.717, 1.165) is 6.42 Å². The van der Waals surface area contributed by atoms with Crippen molar-refractivity contribution in [3.8, 4) is 0 Å². The van der Waals surface area contributed by atoms with Crippen LogP contribution >= 0.6 is 0 Å². The maximum Gasteiger partial charge on any atom is 0.360 e. The van der Waals surface area contributed by atoms with Gasteiger partial charge in [-0.25, -0.2) is 9.48 Å². The number of nitrogens with zero attached hydrogens (tertiary/aromatic N) is 3. The molecular formula is C13H23N5O3. The van der Waals surface area contributed by atoms with Crippen LogP contribution in [0.3, 0.4) is 0 Å². The number of nitrogens with two attached hydrogens (primary N) is 1. The Morgan fingerprint density at radius 1 is 1.43 bits per heavy atom. The Balaban J connectivity index is 3.03. The highest BCUT2D eigenvalue weighted by Gasteiger charge is 2.25. The predicted octanol–water partition coefficient (Wildman–Crippen LogP) is 0.0416. The van der Waals surface area contributed by atoms with Crippen molar-refractivity contribution in [1.29, 1.82) is 0 Å². The fourth-order valence-corrected chi connectivity index (χ4v) is 1.83. The summed E-state index contributed by atoms with van der Waals surface area (Å²) in [4.78, 5) is 23.8. The Bertz CT molecular complexity index is 500. The number of carbonyl (C=O) groups is 2. The second-order valence-electron chi connectivity index (χ2n) is 4.85. The Morgan fingerprint density at radius 3 is 2.62 bits per heavy atom. The highest BCUT2D eigenvalue weighted by Crippen LogP contribution is 2.14. The van der Waals surface area contributed by atoms with Gasteiger partial charge in [0, 0.05) is 12.5 Å². The third-order valence-electron chi connectivity index (χ3n) is 3.30. The summed E-state index contributed by atoms with van der Waals surface area (Å²) in [6, 6.07) is -0.507. The molecule has 8 nitrogen and oxygen atoms in total. The Hall–Kier alpha value is -1.96. The van der Waals surface area contributed by atoms with Gasteiger partial charge in [-0.1, -0.05) is 12.1 Å². The molecule has 1 aromatic heterocycles. The molecule has 1 amide bonds. The molecule has 1 rings (SSSR count). The summed E-state index contributed by atoms with van der Waals surface area (Å²) >= 11 is 0. The molecule has 2 atom stereocenters. The number of methoxy groups -OCH3 is 1. The molecular weight excluding hydrogens is 274 g/mol. The van der Waals surface area contributed by atoms with E-state index in [1.807, 2.05) is 13.8 Å². The summed E-state index contributed by atoms with van der Waals surface area (Å²) in [5.41, 5.74) is 6.17. The van der Waals surface area contributed by atoms with Crippen molar-refractivity contribution in [2.45, 2.75) is 45.7 Å². The van der Waals surface area contributed by atoms with Crippen LogP contribution in [0.2, 0.25) is 0 Å². The number of hydrogen-bond donors (Lipinski definition) is 2. The lowest BCUT2D eigenvalue weighted by Crippen LogP contribution is -2.37. The third kappa shape index (κ3) is 4.01. The summed E-state index contributed by atoms with van der Waals surface area (Å²) in [6.07, 6.45) is 1.22. The second kappa shape index (κ2) is 7.72. The zero-order chi connectivity index (χ0) is 16.0. The normalized spacial score (nSPS) is 13.6. The summed E-state index contributed by atoms with van der Waals surface area (Å²) in [5.74, 6) is -0.761. The number of aromatic nitrogens is 3. The molecule has 0 aromatic carbocycles. The lowest BCUT2D eigenvalue weighted by molar-refractivity contribution is -0.124. The largest absolute Gasteiger partial charge is 0.464 e. The highest BCUT2D eigenvalue weighted by atomic mass is 16.5. The molecule has 0 aliphatic rings. The van der Waals surface area contributed by atoms with Crippen LogP contribution in [-0.4, -0.2) is 46.6 Å². The minimum atomic E-state index is -0.584. The van der Waals surface area contributed by atoms with Crippen LogP contribution in [0.1, 0.15) is 49.4 Å². The van der Waals surface area contributed by atoms with Crippen molar-refractivity contribution in [3.63, 3.8) is 0 Å². The Morgan fingerprint density at radius 2 is 2.10 bits per heavy atom. The van der Waals surface area contributed by atoms with Gasteiger partial charge in [0.15, 0.2) is 5.69 Å². The maximum absolute atomic E-state index is 12.2. The monoisotopic (exact) mass is 297 g/mol. The fraction of sp³-hybridized carbons (Fsp3) is 0.692. The van der Waals surface area contributed by atoms with E-state index in [9.17, 15) is 9.59 Å². The summed E-state index contributed by atoms with van der Waals surface area (Å²) in [6.45, 7) is 5.93. The molecule has 1 aromatic rings. The van der Waals surface area contributed by atoms with E-state index < -0.39 is 12.0 Å². The van der Waals surface area contributed by atoms with E-state index in [1.165, 1.54) is 11.8 Å². The first-order chi connectivity index (χ1) is 9.96. The Labute approximate surface area is 124 Å². The smallest absolute Gasteiger partial charge is 0.360 e. The molecule has 8 heteroatoms. The van der Waals surface area contributed by atoms with Crippen molar-refractivity contribution in [1.82, 2.24) is 20.3 Å². The molecule has 2 unspecified atom stereocenters. The number of hydrogen-bond acceptors (Lipinski definition) is 6. The van der Waals surface area contributed by atoms with E-state index in [1.54, 1.807) is 6.92 Å². The van der Waals surface area contributed by atoms with E-state index >= 15 is 0 Å². The molecule has 0 aliphatic heterocycles. The number of rotatable bonds is 7. The van der Waals surface area contributed by atoms with Crippen LogP contribution in [0.15, 0.2) is 0 Å². The highest BCUT2D eigenvalue weighted by molar-refractivity contribution is 5.88. The predicted molar refractivity (Wildman–Crippen MR) is 76.7 cm³/mol.